The fourth-order valence-corrected chi connectivity index (χ4v) is 1.65. The molecule has 13 heteroatoms. The topological polar surface area (TPSA) is 149 Å². The van der Waals surface area contributed by atoms with Crippen LogP contribution in [0.4, 0.5) is 0 Å². The fourth-order valence-electron chi connectivity index (χ4n) is 1.65. The van der Waals surface area contributed by atoms with Gasteiger partial charge in [-0.1, -0.05) is 47.8 Å². The number of hydrogen-bond acceptors (Lipinski definition) is 10. The molecule has 0 saturated carbocycles. The smallest absolute Gasteiger partial charge is 0.294 e. The van der Waals surface area contributed by atoms with Gasteiger partial charge in [-0.15, -0.1) is 12.3 Å². The van der Waals surface area contributed by atoms with Crippen LogP contribution in [0.2, 0.25) is 0 Å². The number of hydrogen-bond donors (Lipinski definition) is 1. The van der Waals surface area contributed by atoms with Crippen molar-refractivity contribution >= 4 is 28.8 Å². The molecule has 0 unspecified atom stereocenters. The standard InChI is InChI=1S/C6H15N.2C5H7NO.C3H6O.C3H5.C3H4.C2H4ClNO.C2H3NO.C2H4O.Y/c1-4-7(5-2)6-3;2*1-4-3-5(2)7-6-4;1-3(2)4;2*1-3-2;1-2(3)4-5;1-2-3-4;1-2-3;/h4-6H2,1-3H3;2*3H,1-2H3;1-2H3;1H2,2H3;1H,2H3;5H,1H3;1H3;2H,1H3;/q;;;;-1;;;;;/b;;;;;;4-2-;;;. The molecule has 0 aliphatic carbocycles. The number of rotatable bonds is 3. The van der Waals surface area contributed by atoms with Crippen LogP contribution in [0.1, 0.15) is 92.1 Å². The summed E-state index contributed by atoms with van der Waals surface area (Å²) >= 11 is 4.96. The molecule has 0 spiro atoms. The largest absolute Gasteiger partial charge is 0.507 e. The second-order valence-electron chi connectivity index (χ2n) is 7.48. The van der Waals surface area contributed by atoms with E-state index < -0.39 is 0 Å². The Morgan fingerprint density at radius 1 is 1.09 bits per heavy atom. The Hall–Kier alpha value is -2.83. The number of aryl methyl sites for hydroxylation is 4. The zero-order valence-corrected chi connectivity index (χ0v) is 32.9. The molecule has 0 saturated heterocycles. The van der Waals surface area contributed by atoms with Gasteiger partial charge in [0.15, 0.2) is 0 Å². The number of terminal acetylenes is 1. The molecule has 11 nitrogen and oxygen atoms in total. The number of allylic oxidation sites excluding steroid dienone is 1. The van der Waals surface area contributed by atoms with E-state index in [1.54, 1.807) is 13.8 Å². The van der Waals surface area contributed by atoms with E-state index in [1.165, 1.54) is 54.3 Å². The first kappa shape index (κ1) is 60.4. The van der Waals surface area contributed by atoms with Gasteiger partial charge in [0.05, 0.1) is 18.3 Å². The van der Waals surface area contributed by atoms with E-state index in [4.69, 9.17) is 35.9 Å². The van der Waals surface area contributed by atoms with Crippen molar-refractivity contribution in [3.63, 3.8) is 0 Å². The first-order chi connectivity index (χ1) is 20.1. The number of aromatic nitrogens is 2. The molecule has 1 radical (unpaired) electrons. The summed E-state index contributed by atoms with van der Waals surface area (Å²) in [5, 5.41) is 28.7. The summed E-state index contributed by atoms with van der Waals surface area (Å²) in [5.74, 6) is 4.16. The van der Waals surface area contributed by atoms with E-state index in [0.29, 0.717) is 0 Å². The molecule has 2 heterocycles. The second-order valence-corrected chi connectivity index (χ2v) is 8.02. The Morgan fingerprint density at radius 3 is 1.32 bits per heavy atom. The van der Waals surface area contributed by atoms with Crippen molar-refractivity contribution in [1.82, 2.24) is 15.2 Å². The Kier molecular flexibility index (Phi) is 76.9. The second kappa shape index (κ2) is 56.0. The summed E-state index contributed by atoms with van der Waals surface area (Å²) in [4.78, 5) is 20.6. The van der Waals surface area contributed by atoms with Crippen LogP contribution in [0.3, 0.4) is 0 Å². The van der Waals surface area contributed by atoms with Crippen LogP contribution in [0.5, 0.6) is 0 Å². The molecule has 0 fully saturated rings. The van der Waals surface area contributed by atoms with Gasteiger partial charge in [0.1, 0.15) is 28.8 Å². The van der Waals surface area contributed by atoms with Crippen LogP contribution in [-0.4, -0.2) is 57.3 Å². The normalized spacial score (nSPS) is 7.66. The third-order valence-corrected chi connectivity index (χ3v) is 3.14. The maximum absolute atomic E-state index is 9.44. The fraction of sp³-hybridized carbons (Fsp3) is 0.548. The minimum absolute atomic E-state index is 0. The van der Waals surface area contributed by atoms with Gasteiger partial charge in [-0.25, -0.2) is 0 Å². The Labute approximate surface area is 297 Å². The van der Waals surface area contributed by atoms with Crippen LogP contribution in [0.25, 0.3) is 5.01 Å². The summed E-state index contributed by atoms with van der Waals surface area (Å²) in [5.41, 5.74) is 1.88. The molecular weight excluding hydrogens is 663 g/mol. The number of carbonyl (C=O) groups excluding carboxylic acids is 2. The van der Waals surface area contributed by atoms with E-state index in [-0.39, 0.29) is 43.7 Å². The van der Waals surface area contributed by atoms with Gasteiger partial charge in [0.25, 0.3) is 6.07 Å². The average Bonchev–Trinajstić information content (AvgIpc) is 3.52. The predicted molar refractivity (Wildman–Crippen MR) is 180 cm³/mol. The molecule has 1 N–H and O–H groups in total. The summed E-state index contributed by atoms with van der Waals surface area (Å²) in [7, 11) is 0. The van der Waals surface area contributed by atoms with Gasteiger partial charge in [-0.05, 0) is 81.9 Å². The van der Waals surface area contributed by atoms with E-state index in [9.17, 15) is 4.79 Å². The molecule has 0 aliphatic rings. The summed E-state index contributed by atoms with van der Waals surface area (Å²) in [6, 6.07) is 5.78. The van der Waals surface area contributed by atoms with Crippen molar-refractivity contribution in [3.05, 3.63) is 57.9 Å². The number of halogens is 1. The number of Topliss-reactive ketones (excluding diaryl/α,β-unsaturated/α-hetero) is 1. The third-order valence-electron chi connectivity index (χ3n) is 3.06. The van der Waals surface area contributed by atoms with Gasteiger partial charge in [0.2, 0.25) is 0 Å². The van der Waals surface area contributed by atoms with Crippen LogP contribution in [0.15, 0.2) is 32.9 Å². The Morgan fingerprint density at radius 2 is 1.30 bits per heavy atom. The summed E-state index contributed by atoms with van der Waals surface area (Å²) < 4.78 is 9.43. The molecule has 0 atom stereocenters. The first-order valence-electron chi connectivity index (χ1n) is 13.1. The van der Waals surface area contributed by atoms with Crippen molar-refractivity contribution in [2.24, 2.45) is 5.16 Å². The van der Waals surface area contributed by atoms with Crippen LogP contribution in [0, 0.1) is 57.4 Å². The SMILES string of the molecule is C#CC.C/C(Cl)=N/O.C=[C-]C.CC#[N+][O-].CC(C)=O.CC=O.CCN(CC)CC.Cc1cc(C)on1.Cc1cc(C)on1.[Y]. The molecule has 44 heavy (non-hydrogen) atoms. The van der Waals surface area contributed by atoms with E-state index >= 15 is 0 Å². The summed E-state index contributed by atoms with van der Waals surface area (Å²) in [6.07, 6.45) is 7.85. The third kappa shape index (κ3) is 97.7. The minimum atomic E-state index is 0. The molecular formula is C31H55ClN5O6Y-. The molecule has 2 aromatic heterocycles. The molecule has 2 rings (SSSR count). The Bertz CT molecular complexity index is 893. The minimum Gasteiger partial charge on any atom is -0.507 e. The van der Waals surface area contributed by atoms with E-state index in [2.05, 4.69) is 71.1 Å². The van der Waals surface area contributed by atoms with Gasteiger partial charge in [-0.2, -0.15) is 6.92 Å². The van der Waals surface area contributed by atoms with Gasteiger partial charge in [0, 0.05) is 49.9 Å². The zero-order valence-electron chi connectivity index (χ0n) is 29.3. The van der Waals surface area contributed by atoms with E-state index in [1.807, 2.05) is 45.9 Å². The zero-order chi connectivity index (χ0) is 35.6. The molecule has 2 aromatic rings. The number of nitrogens with zero attached hydrogens (tertiary/aromatic N) is 5. The number of aldehydes is 1. The monoisotopic (exact) mass is 717 g/mol. The molecule has 251 valence electrons. The molecule has 0 aromatic carbocycles. The Balaban J connectivity index is -0.0000000564. The van der Waals surface area contributed by atoms with Crippen molar-refractivity contribution in [2.45, 2.75) is 96.9 Å². The van der Waals surface area contributed by atoms with Crippen molar-refractivity contribution < 1.29 is 56.6 Å². The van der Waals surface area contributed by atoms with Crippen molar-refractivity contribution in [3.8, 4) is 18.4 Å². The number of oxime groups is 1. The van der Waals surface area contributed by atoms with Gasteiger partial charge < -0.3 is 40.0 Å². The predicted octanol–water partition coefficient (Wildman–Crippen LogP) is 8.23. The van der Waals surface area contributed by atoms with Gasteiger partial charge in [-0.3, -0.25) is 6.58 Å². The van der Waals surface area contributed by atoms with Crippen molar-refractivity contribution in [1.29, 1.82) is 0 Å². The molecule has 0 aliphatic heterocycles. The van der Waals surface area contributed by atoms with E-state index in [0.717, 1.165) is 29.2 Å². The van der Waals surface area contributed by atoms with Gasteiger partial charge >= 0.3 is 0 Å². The quantitative estimate of drug-likeness (QED) is 0.0827. The first-order valence-corrected chi connectivity index (χ1v) is 13.5. The molecule has 0 bridgehead atoms. The summed E-state index contributed by atoms with van der Waals surface area (Å²) in [6.45, 7) is 31.8. The maximum Gasteiger partial charge on any atom is 0.294 e. The van der Waals surface area contributed by atoms with Crippen molar-refractivity contribution in [2.75, 3.05) is 19.6 Å². The number of ketones is 1. The maximum atomic E-state index is 9.44. The van der Waals surface area contributed by atoms with Crippen LogP contribution >= 0.6 is 11.6 Å². The van der Waals surface area contributed by atoms with Crippen LogP contribution < -0.4 is 0 Å². The number of carbonyl (C=O) groups is 2. The molecule has 0 amide bonds. The van der Waals surface area contributed by atoms with Crippen LogP contribution in [-0.2, 0) is 42.3 Å². The average molecular weight is 718 g/mol.